The molecule has 3 aliphatic carbocycles. The van der Waals surface area contributed by atoms with Crippen molar-refractivity contribution in [1.82, 2.24) is 0 Å². The first-order valence-corrected chi connectivity index (χ1v) is 22.0. The van der Waals surface area contributed by atoms with E-state index in [-0.39, 0.29) is 53.5 Å². The molecule has 0 amide bonds. The van der Waals surface area contributed by atoms with Gasteiger partial charge in [-0.3, -0.25) is 30.0 Å². The zero-order chi connectivity index (χ0) is 41.8. The maximum absolute atomic E-state index is 11.6. The Kier molecular flexibility index (Phi) is 14.5. The fourth-order valence-electron chi connectivity index (χ4n) is 8.94. The molecule has 3 saturated carbocycles. The van der Waals surface area contributed by atoms with Crippen LogP contribution >= 0.6 is 0 Å². The molecule has 9 nitrogen and oxygen atoms in total. The fourth-order valence-corrected chi connectivity index (χ4v) is 8.94. The highest BCUT2D eigenvalue weighted by atomic mass is 16.3. The van der Waals surface area contributed by atoms with Gasteiger partial charge in [0, 0.05) is 70.7 Å². The molecule has 1 aliphatic heterocycles. The molecule has 0 saturated heterocycles. The predicted octanol–water partition coefficient (Wildman–Crippen LogP) is 10.8. The predicted molar refractivity (Wildman–Crippen MR) is 252 cm³/mol. The van der Waals surface area contributed by atoms with Gasteiger partial charge >= 0.3 is 0 Å². The van der Waals surface area contributed by atoms with E-state index >= 15 is 0 Å². The SMILES string of the molecule is C/C=C/c1cc2c(O)c(c1)/C=N/C1CCCCC1/N=C/c1cc(/C=C/C)cc(c1O)/C=N/C1CCCCC1/N=C/c1cc(/C=C/C)cc(c1O)/C=N/C1CCCCC1/N=C/2. The second-order valence-electron chi connectivity index (χ2n) is 16.6. The first-order chi connectivity index (χ1) is 29.3. The van der Waals surface area contributed by atoms with Crippen molar-refractivity contribution >= 4 is 55.5 Å². The van der Waals surface area contributed by atoms with Crippen LogP contribution in [0.25, 0.3) is 18.2 Å². The Labute approximate surface area is 355 Å². The largest absolute Gasteiger partial charge is 0.507 e. The zero-order valence-electron chi connectivity index (χ0n) is 35.4. The number of aliphatic imine (C=N–C) groups is 6. The molecule has 312 valence electrons. The van der Waals surface area contributed by atoms with Gasteiger partial charge in [-0.05, 0) is 112 Å². The van der Waals surface area contributed by atoms with Crippen LogP contribution in [-0.4, -0.2) is 88.9 Å². The maximum atomic E-state index is 11.6. The van der Waals surface area contributed by atoms with Gasteiger partial charge in [-0.25, -0.2) is 0 Å². The van der Waals surface area contributed by atoms with Gasteiger partial charge in [-0.15, -0.1) is 0 Å². The van der Waals surface area contributed by atoms with Crippen LogP contribution in [0.3, 0.4) is 0 Å². The molecule has 60 heavy (non-hydrogen) atoms. The fraction of sp³-hybridized carbons (Fsp3) is 0.412. The molecule has 6 bridgehead atoms. The van der Waals surface area contributed by atoms with E-state index in [0.29, 0.717) is 33.4 Å². The summed E-state index contributed by atoms with van der Waals surface area (Å²) >= 11 is 0. The van der Waals surface area contributed by atoms with Gasteiger partial charge in [0.15, 0.2) is 0 Å². The van der Waals surface area contributed by atoms with Crippen LogP contribution in [0.15, 0.2) is 84.6 Å². The minimum absolute atomic E-state index is 0.0697. The van der Waals surface area contributed by atoms with Crippen LogP contribution in [0.5, 0.6) is 17.2 Å². The Morgan fingerprint density at radius 3 is 0.700 bits per heavy atom. The van der Waals surface area contributed by atoms with E-state index in [2.05, 4.69) is 0 Å². The lowest BCUT2D eigenvalue weighted by molar-refractivity contribution is 0.389. The summed E-state index contributed by atoms with van der Waals surface area (Å²) in [7, 11) is 0. The number of hydrogen-bond donors (Lipinski definition) is 3. The highest BCUT2D eigenvalue weighted by molar-refractivity contribution is 5.95. The highest BCUT2D eigenvalue weighted by Gasteiger charge is 2.27. The molecule has 0 spiro atoms. The second-order valence-corrected chi connectivity index (χ2v) is 16.6. The number of benzene rings is 3. The summed E-state index contributed by atoms with van der Waals surface area (Å²) in [5.41, 5.74) is 6.64. The van der Waals surface area contributed by atoms with Gasteiger partial charge in [0.2, 0.25) is 0 Å². The third-order valence-corrected chi connectivity index (χ3v) is 12.2. The summed E-state index contributed by atoms with van der Waals surface area (Å²) in [4.78, 5) is 30.4. The smallest absolute Gasteiger partial charge is 0.133 e. The lowest BCUT2D eigenvalue weighted by atomic mass is 9.91. The highest BCUT2D eigenvalue weighted by Crippen LogP contribution is 2.32. The number of phenols is 3. The molecule has 9 heteroatoms. The van der Waals surface area contributed by atoms with Gasteiger partial charge < -0.3 is 15.3 Å². The van der Waals surface area contributed by atoms with E-state index in [9.17, 15) is 15.3 Å². The molecule has 3 aromatic carbocycles. The van der Waals surface area contributed by atoms with Crippen molar-refractivity contribution in [3.63, 3.8) is 0 Å². The summed E-state index contributed by atoms with van der Waals surface area (Å²) in [6.07, 6.45) is 34.4. The summed E-state index contributed by atoms with van der Waals surface area (Å²) in [5.74, 6) is 0.415. The Hall–Kier alpha value is -5.70. The van der Waals surface area contributed by atoms with Gasteiger partial charge in [-0.1, -0.05) is 75.0 Å². The number of nitrogens with zero attached hydrogens (tertiary/aromatic N) is 6. The third kappa shape index (κ3) is 10.5. The van der Waals surface area contributed by atoms with E-state index in [1.54, 1.807) is 37.3 Å². The van der Waals surface area contributed by atoms with Crippen LogP contribution in [0.1, 0.15) is 148 Å². The van der Waals surface area contributed by atoms with Crippen molar-refractivity contribution in [3.05, 3.63) is 105 Å². The molecule has 0 radical (unpaired) electrons. The number of allylic oxidation sites excluding steroid dienone is 3. The summed E-state index contributed by atoms with van der Waals surface area (Å²) < 4.78 is 0. The molecule has 0 aromatic heterocycles. The number of aromatic hydroxyl groups is 3. The quantitative estimate of drug-likeness (QED) is 0.243. The number of rotatable bonds is 3. The van der Waals surface area contributed by atoms with Crippen LogP contribution < -0.4 is 0 Å². The summed E-state index contributed by atoms with van der Waals surface area (Å²) in [5, 5.41) is 34.9. The van der Waals surface area contributed by atoms with Crippen molar-refractivity contribution in [2.24, 2.45) is 30.0 Å². The molecule has 3 fully saturated rings. The van der Waals surface area contributed by atoms with Gasteiger partial charge in [0.05, 0.1) is 36.3 Å². The minimum atomic E-state index is -0.0697. The van der Waals surface area contributed by atoms with Crippen LogP contribution in [0.4, 0.5) is 0 Å². The van der Waals surface area contributed by atoms with E-state index < -0.39 is 0 Å². The molecular weight excluding hydrogens is 745 g/mol. The second kappa shape index (κ2) is 20.5. The first kappa shape index (κ1) is 42.4. The van der Waals surface area contributed by atoms with Gasteiger partial charge in [-0.2, -0.15) is 0 Å². The van der Waals surface area contributed by atoms with Crippen LogP contribution in [0, 0.1) is 0 Å². The molecular formula is C51H60N6O3. The molecule has 7 rings (SSSR count). The zero-order valence-corrected chi connectivity index (χ0v) is 35.4. The first-order valence-electron chi connectivity index (χ1n) is 22.0. The Balaban J connectivity index is 1.34. The number of phenolic OH excluding ortho intramolecular Hbond substituents is 3. The topological polar surface area (TPSA) is 135 Å². The molecule has 6 atom stereocenters. The molecule has 4 aliphatic rings. The van der Waals surface area contributed by atoms with Crippen molar-refractivity contribution in [1.29, 1.82) is 0 Å². The van der Waals surface area contributed by atoms with Crippen LogP contribution in [-0.2, 0) is 0 Å². The Morgan fingerprint density at radius 2 is 0.533 bits per heavy atom. The molecule has 1 heterocycles. The molecule has 3 aromatic rings. The van der Waals surface area contributed by atoms with Crippen LogP contribution in [0.2, 0.25) is 0 Å². The van der Waals surface area contributed by atoms with Gasteiger partial charge in [0.25, 0.3) is 0 Å². The average Bonchev–Trinajstić information content (AvgIpc) is 3.26. The van der Waals surface area contributed by atoms with E-state index in [1.807, 2.05) is 93.6 Å². The van der Waals surface area contributed by atoms with Crippen molar-refractivity contribution < 1.29 is 15.3 Å². The number of fused-ring (bicyclic) bond motifs is 9. The minimum Gasteiger partial charge on any atom is -0.507 e. The van der Waals surface area contributed by atoms with E-state index in [4.69, 9.17) is 30.0 Å². The average molecular weight is 805 g/mol. The van der Waals surface area contributed by atoms with E-state index in [1.165, 1.54) is 0 Å². The van der Waals surface area contributed by atoms with Crippen molar-refractivity contribution in [2.75, 3.05) is 0 Å². The lowest BCUT2D eigenvalue weighted by Gasteiger charge is -2.26. The monoisotopic (exact) mass is 804 g/mol. The summed E-state index contributed by atoms with van der Waals surface area (Å²) in [6.45, 7) is 5.94. The normalized spacial score (nSPS) is 28.2. The third-order valence-electron chi connectivity index (χ3n) is 12.2. The Bertz CT molecular complexity index is 1880. The summed E-state index contributed by atoms with van der Waals surface area (Å²) in [6, 6.07) is 11.3. The number of hydrogen-bond acceptors (Lipinski definition) is 9. The molecule has 6 unspecified atom stereocenters. The van der Waals surface area contributed by atoms with E-state index in [0.717, 1.165) is 93.7 Å². The lowest BCUT2D eigenvalue weighted by Crippen LogP contribution is -2.27. The maximum Gasteiger partial charge on any atom is 0.133 e. The standard InChI is InChI=1S/C51H60N6O3/c1-4-13-34-22-37-28-52-43-16-7-9-18-45(43)54-30-39-24-35(14-5-2)26-41(50(39)59)32-56-47-20-11-12-21-48(47)57-33-42-27-36(15-6-3)25-40(51(42)60)31-55-46-19-10-8-17-44(46)53-29-38(23-34)49(37)58/h4-6,13-15,22-33,43-48,58-60H,7-12,16-21H2,1-3H3/b13-4+,14-5+,15-6+,52-28+,53-29+,54-30+,55-31+,56-32+,57-33+. The van der Waals surface area contributed by atoms with Crippen molar-refractivity contribution in [3.8, 4) is 17.2 Å². The van der Waals surface area contributed by atoms with Gasteiger partial charge in [0.1, 0.15) is 17.2 Å². The molecule has 3 N–H and O–H groups in total. The Morgan fingerprint density at radius 1 is 0.350 bits per heavy atom. The van der Waals surface area contributed by atoms with Crippen molar-refractivity contribution in [2.45, 2.75) is 134 Å².